The normalized spacial score (nSPS) is 11.2. The van der Waals surface area contributed by atoms with Gasteiger partial charge in [-0.05, 0) is 18.2 Å². The molecule has 19 heavy (non-hydrogen) atoms. The maximum atomic E-state index is 12.7. The number of ether oxygens (including phenoxy) is 1. The van der Waals surface area contributed by atoms with Crippen LogP contribution in [0, 0.1) is 5.82 Å². The topological polar surface area (TPSA) is 47.6 Å². The van der Waals surface area contributed by atoms with E-state index in [4.69, 9.17) is 16.3 Å². The second-order valence-electron chi connectivity index (χ2n) is 3.29. The van der Waals surface area contributed by atoms with Crippen LogP contribution < -0.4 is 10.2 Å². The molecular weight excluding hydrogens is 294 g/mol. The SMILES string of the molecule is O=C(COc1ccc(F)cc1Cl)NOCC(F)(F)F. The number of alkyl halides is 3. The Balaban J connectivity index is 2.34. The number of hydrogen-bond donors (Lipinski definition) is 1. The average Bonchev–Trinajstić information content (AvgIpc) is 2.26. The van der Waals surface area contributed by atoms with Gasteiger partial charge in [0.2, 0.25) is 0 Å². The fourth-order valence-corrected chi connectivity index (χ4v) is 1.19. The van der Waals surface area contributed by atoms with Gasteiger partial charge in [0.25, 0.3) is 5.91 Å². The van der Waals surface area contributed by atoms with Crippen LogP contribution in [-0.2, 0) is 9.63 Å². The zero-order valence-corrected chi connectivity index (χ0v) is 10.0. The van der Waals surface area contributed by atoms with Gasteiger partial charge in [-0.2, -0.15) is 13.2 Å². The quantitative estimate of drug-likeness (QED) is 0.671. The number of amides is 1. The van der Waals surface area contributed by atoms with Crippen LogP contribution in [0.25, 0.3) is 0 Å². The van der Waals surface area contributed by atoms with Crippen molar-refractivity contribution in [3.05, 3.63) is 29.0 Å². The third-order valence-electron chi connectivity index (χ3n) is 1.67. The minimum Gasteiger partial charge on any atom is -0.482 e. The third kappa shape index (κ3) is 6.25. The summed E-state index contributed by atoms with van der Waals surface area (Å²) in [4.78, 5) is 14.9. The van der Waals surface area contributed by atoms with Gasteiger partial charge in [0, 0.05) is 0 Å². The molecule has 0 unspecified atom stereocenters. The Labute approximate surface area is 110 Å². The second kappa shape index (κ2) is 6.58. The van der Waals surface area contributed by atoms with Gasteiger partial charge in [-0.15, -0.1) is 0 Å². The molecule has 106 valence electrons. The van der Waals surface area contributed by atoms with E-state index < -0.39 is 31.1 Å². The van der Waals surface area contributed by atoms with Gasteiger partial charge in [-0.3, -0.25) is 9.63 Å². The first-order valence-electron chi connectivity index (χ1n) is 4.83. The lowest BCUT2D eigenvalue weighted by atomic mass is 10.3. The summed E-state index contributed by atoms with van der Waals surface area (Å²) in [6.45, 7) is -2.24. The smallest absolute Gasteiger partial charge is 0.414 e. The van der Waals surface area contributed by atoms with E-state index in [-0.39, 0.29) is 10.8 Å². The summed E-state index contributed by atoms with van der Waals surface area (Å²) in [7, 11) is 0. The Kier molecular flexibility index (Phi) is 5.37. The maximum Gasteiger partial charge on any atom is 0.414 e. The van der Waals surface area contributed by atoms with E-state index in [2.05, 4.69) is 4.84 Å². The number of halogens is 5. The van der Waals surface area contributed by atoms with E-state index in [1.807, 2.05) is 0 Å². The molecule has 4 nitrogen and oxygen atoms in total. The minimum atomic E-state index is -4.55. The Morgan fingerprint density at radius 1 is 1.37 bits per heavy atom. The molecule has 1 N–H and O–H groups in total. The van der Waals surface area contributed by atoms with Crippen molar-refractivity contribution in [2.45, 2.75) is 6.18 Å². The van der Waals surface area contributed by atoms with E-state index in [1.54, 1.807) is 0 Å². The summed E-state index contributed by atoms with van der Waals surface area (Å²) in [5.41, 5.74) is 1.54. The highest BCUT2D eigenvalue weighted by Gasteiger charge is 2.28. The molecule has 0 aliphatic heterocycles. The van der Waals surface area contributed by atoms with Crippen molar-refractivity contribution < 1.29 is 31.9 Å². The fraction of sp³-hybridized carbons (Fsp3) is 0.300. The lowest BCUT2D eigenvalue weighted by Gasteiger charge is -2.10. The van der Waals surface area contributed by atoms with Gasteiger partial charge in [0.1, 0.15) is 11.6 Å². The van der Waals surface area contributed by atoms with E-state index in [1.165, 1.54) is 11.5 Å². The zero-order chi connectivity index (χ0) is 14.5. The van der Waals surface area contributed by atoms with Gasteiger partial charge in [-0.1, -0.05) is 11.6 Å². The van der Waals surface area contributed by atoms with E-state index in [0.29, 0.717) is 0 Å². The van der Waals surface area contributed by atoms with Crippen molar-refractivity contribution in [1.82, 2.24) is 5.48 Å². The van der Waals surface area contributed by atoms with Crippen LogP contribution in [0.3, 0.4) is 0 Å². The van der Waals surface area contributed by atoms with E-state index >= 15 is 0 Å². The van der Waals surface area contributed by atoms with Gasteiger partial charge in [0.15, 0.2) is 13.2 Å². The molecule has 0 fully saturated rings. The van der Waals surface area contributed by atoms with Crippen LogP contribution in [0.4, 0.5) is 17.6 Å². The summed E-state index contributed by atoms with van der Waals surface area (Å²) in [5.74, 6) is -1.51. The van der Waals surface area contributed by atoms with Crippen molar-refractivity contribution in [2.24, 2.45) is 0 Å². The molecule has 0 saturated heterocycles. The maximum absolute atomic E-state index is 12.7. The molecule has 0 aromatic heterocycles. The number of rotatable bonds is 5. The molecule has 1 amide bonds. The summed E-state index contributed by atoms with van der Waals surface area (Å²) in [6.07, 6.45) is -4.55. The molecule has 1 aromatic carbocycles. The Morgan fingerprint density at radius 2 is 2.05 bits per heavy atom. The highest BCUT2D eigenvalue weighted by atomic mass is 35.5. The van der Waals surface area contributed by atoms with Crippen LogP contribution in [-0.4, -0.2) is 25.3 Å². The lowest BCUT2D eigenvalue weighted by molar-refractivity contribution is -0.192. The molecular formula is C10H8ClF4NO3. The number of hydroxylamine groups is 1. The van der Waals surface area contributed by atoms with Gasteiger partial charge in [-0.25, -0.2) is 9.87 Å². The van der Waals surface area contributed by atoms with Crippen LogP contribution >= 0.6 is 11.6 Å². The molecule has 0 aliphatic carbocycles. The molecule has 0 atom stereocenters. The molecule has 0 aliphatic rings. The van der Waals surface area contributed by atoms with Crippen LogP contribution in [0.2, 0.25) is 5.02 Å². The van der Waals surface area contributed by atoms with E-state index in [0.717, 1.165) is 12.1 Å². The minimum absolute atomic E-state index is 0.0223. The molecule has 0 heterocycles. The summed E-state index contributed by atoms with van der Waals surface area (Å²) >= 11 is 5.60. The predicted octanol–water partition coefficient (Wildman–Crippen LogP) is 2.47. The second-order valence-corrected chi connectivity index (χ2v) is 3.70. The highest BCUT2D eigenvalue weighted by Crippen LogP contribution is 2.24. The Morgan fingerprint density at radius 3 is 2.63 bits per heavy atom. The fourth-order valence-electron chi connectivity index (χ4n) is 0.963. The molecule has 0 bridgehead atoms. The predicted molar refractivity (Wildman–Crippen MR) is 57.1 cm³/mol. The van der Waals surface area contributed by atoms with Crippen LogP contribution in [0.15, 0.2) is 18.2 Å². The molecule has 0 saturated carbocycles. The summed E-state index contributed by atoms with van der Waals surface area (Å²) < 4.78 is 52.6. The van der Waals surface area contributed by atoms with Crippen molar-refractivity contribution >= 4 is 17.5 Å². The first-order chi connectivity index (χ1) is 8.78. The van der Waals surface area contributed by atoms with E-state index in [9.17, 15) is 22.4 Å². The molecule has 0 radical (unpaired) electrons. The zero-order valence-electron chi connectivity index (χ0n) is 9.26. The Bertz CT molecular complexity index is 453. The first kappa shape index (κ1) is 15.5. The molecule has 1 aromatic rings. The average molecular weight is 302 g/mol. The summed E-state index contributed by atoms with van der Waals surface area (Å²) in [5, 5.41) is -0.0657. The lowest BCUT2D eigenvalue weighted by Crippen LogP contribution is -2.32. The highest BCUT2D eigenvalue weighted by molar-refractivity contribution is 6.32. The molecule has 1 rings (SSSR count). The Hall–Kier alpha value is -1.54. The van der Waals surface area contributed by atoms with Crippen molar-refractivity contribution in [2.75, 3.05) is 13.2 Å². The van der Waals surface area contributed by atoms with Gasteiger partial charge < -0.3 is 4.74 Å². The van der Waals surface area contributed by atoms with Crippen molar-refractivity contribution in [3.63, 3.8) is 0 Å². The number of benzene rings is 1. The summed E-state index contributed by atoms with van der Waals surface area (Å²) in [6, 6.07) is 3.20. The third-order valence-corrected chi connectivity index (χ3v) is 1.97. The molecule has 9 heteroatoms. The standard InChI is InChI=1S/C10H8ClF4NO3/c11-7-3-6(12)1-2-8(7)18-4-9(17)16-19-5-10(13,14)15/h1-3H,4-5H2,(H,16,17). The molecule has 0 spiro atoms. The number of nitrogens with one attached hydrogen (secondary N) is 1. The van der Waals surface area contributed by atoms with Gasteiger partial charge in [0.05, 0.1) is 5.02 Å². The monoisotopic (exact) mass is 301 g/mol. The number of carbonyl (C=O) groups is 1. The van der Waals surface area contributed by atoms with Crippen LogP contribution in [0.1, 0.15) is 0 Å². The van der Waals surface area contributed by atoms with Crippen molar-refractivity contribution in [1.29, 1.82) is 0 Å². The number of hydrogen-bond acceptors (Lipinski definition) is 3. The number of carbonyl (C=O) groups excluding carboxylic acids is 1. The van der Waals surface area contributed by atoms with Crippen LogP contribution in [0.5, 0.6) is 5.75 Å². The van der Waals surface area contributed by atoms with Gasteiger partial charge >= 0.3 is 6.18 Å². The largest absolute Gasteiger partial charge is 0.482 e. The van der Waals surface area contributed by atoms with Crippen molar-refractivity contribution in [3.8, 4) is 5.75 Å². The first-order valence-corrected chi connectivity index (χ1v) is 5.21.